The zero-order valence-electron chi connectivity index (χ0n) is 7.11. The summed E-state index contributed by atoms with van der Waals surface area (Å²) in [7, 11) is 0. The van der Waals surface area contributed by atoms with Crippen molar-refractivity contribution in [1.82, 2.24) is 0 Å². The highest BCUT2D eigenvalue weighted by molar-refractivity contribution is 6.06. The number of carboxylic acids is 1. The molecule has 1 rings (SSSR count). The van der Waals surface area contributed by atoms with Gasteiger partial charge in [-0.05, 0) is 18.2 Å². The van der Waals surface area contributed by atoms with Crippen LogP contribution in [0, 0.1) is 5.82 Å². The second-order valence-corrected chi connectivity index (χ2v) is 2.52. The minimum Gasteiger partial charge on any atom is -0.478 e. The first-order valence-electron chi connectivity index (χ1n) is 3.81. The molecule has 0 heterocycles. The van der Waals surface area contributed by atoms with E-state index in [0.717, 1.165) is 12.1 Å². The topological polar surface area (TPSA) is 54.4 Å². The number of carbonyl (C=O) groups is 2. The Hall–Kier alpha value is -1.97. The summed E-state index contributed by atoms with van der Waals surface area (Å²) in [6.07, 6.45) is 1.50. The second-order valence-electron chi connectivity index (χ2n) is 2.52. The van der Waals surface area contributed by atoms with Crippen LogP contribution in [0.3, 0.4) is 0 Å². The van der Waals surface area contributed by atoms with Gasteiger partial charge in [-0.2, -0.15) is 0 Å². The molecule has 1 aromatic rings. The highest BCUT2D eigenvalue weighted by Crippen LogP contribution is 2.07. The molecule has 0 aromatic heterocycles. The number of ketones is 1. The highest BCUT2D eigenvalue weighted by atomic mass is 19.1. The Morgan fingerprint density at radius 3 is 2.43 bits per heavy atom. The quantitative estimate of drug-likeness (QED) is 0.588. The Morgan fingerprint density at radius 1 is 1.21 bits per heavy atom. The van der Waals surface area contributed by atoms with Gasteiger partial charge in [-0.15, -0.1) is 0 Å². The van der Waals surface area contributed by atoms with Crippen molar-refractivity contribution >= 4 is 11.8 Å². The van der Waals surface area contributed by atoms with Crippen LogP contribution in [0.2, 0.25) is 0 Å². The van der Waals surface area contributed by atoms with E-state index in [-0.39, 0.29) is 5.56 Å². The third-order valence-electron chi connectivity index (χ3n) is 1.52. The number of halogens is 1. The van der Waals surface area contributed by atoms with Crippen LogP contribution in [0.25, 0.3) is 0 Å². The first-order valence-corrected chi connectivity index (χ1v) is 3.81. The molecule has 3 nitrogen and oxygen atoms in total. The van der Waals surface area contributed by atoms with Gasteiger partial charge in [-0.25, -0.2) is 9.18 Å². The molecule has 14 heavy (non-hydrogen) atoms. The van der Waals surface area contributed by atoms with E-state index in [9.17, 15) is 14.0 Å². The van der Waals surface area contributed by atoms with Gasteiger partial charge in [-0.3, -0.25) is 4.79 Å². The van der Waals surface area contributed by atoms with Crippen molar-refractivity contribution in [2.75, 3.05) is 0 Å². The number of hydrogen-bond acceptors (Lipinski definition) is 2. The average molecular weight is 194 g/mol. The molecule has 0 atom stereocenters. The van der Waals surface area contributed by atoms with Crippen LogP contribution >= 0.6 is 0 Å². The molecule has 0 spiro atoms. The van der Waals surface area contributed by atoms with Gasteiger partial charge in [0, 0.05) is 6.08 Å². The number of carbonyl (C=O) groups excluding carboxylic acids is 1. The highest BCUT2D eigenvalue weighted by Gasteiger charge is 2.07. The van der Waals surface area contributed by atoms with E-state index in [1.807, 2.05) is 0 Å². The van der Waals surface area contributed by atoms with Gasteiger partial charge in [0.25, 0.3) is 0 Å². The lowest BCUT2D eigenvalue weighted by Gasteiger charge is -1.95. The van der Waals surface area contributed by atoms with E-state index in [1.54, 1.807) is 0 Å². The molecule has 4 heteroatoms. The summed E-state index contributed by atoms with van der Waals surface area (Å²) in [5.41, 5.74) is -0.134. The molecule has 0 radical (unpaired) electrons. The largest absolute Gasteiger partial charge is 0.478 e. The summed E-state index contributed by atoms with van der Waals surface area (Å²) < 4.78 is 13.0. The van der Waals surface area contributed by atoms with Gasteiger partial charge in [0.2, 0.25) is 0 Å². The molecular formula is C10H7FO3. The maximum Gasteiger partial charge on any atom is 0.328 e. The molecule has 1 aromatic carbocycles. The summed E-state index contributed by atoms with van der Waals surface area (Å²) in [5.74, 6) is -2.56. The average Bonchev–Trinajstić information content (AvgIpc) is 2.15. The predicted octanol–water partition coefficient (Wildman–Crippen LogP) is 1.65. The number of rotatable bonds is 3. The summed E-state index contributed by atoms with van der Waals surface area (Å²) >= 11 is 0. The minimum absolute atomic E-state index is 0.134. The Balaban J connectivity index is 2.91. The number of allylic oxidation sites excluding steroid dienone is 1. The Labute approximate surface area is 79.5 Å². The van der Waals surface area contributed by atoms with Crippen molar-refractivity contribution in [1.29, 1.82) is 0 Å². The SMILES string of the molecule is O=C(O)C=CC(=O)c1ccccc1F. The maximum atomic E-state index is 13.0. The summed E-state index contributed by atoms with van der Waals surface area (Å²) in [6, 6.07) is 5.39. The van der Waals surface area contributed by atoms with E-state index < -0.39 is 17.6 Å². The molecule has 0 saturated heterocycles. The van der Waals surface area contributed by atoms with Gasteiger partial charge in [0.15, 0.2) is 5.78 Å². The van der Waals surface area contributed by atoms with Crippen molar-refractivity contribution in [2.45, 2.75) is 0 Å². The second kappa shape index (κ2) is 4.32. The molecular weight excluding hydrogens is 187 g/mol. The fourth-order valence-electron chi connectivity index (χ4n) is 0.898. The summed E-state index contributed by atoms with van der Waals surface area (Å²) in [4.78, 5) is 21.3. The maximum absolute atomic E-state index is 13.0. The van der Waals surface area contributed by atoms with Crippen molar-refractivity contribution < 1.29 is 19.1 Å². The zero-order valence-corrected chi connectivity index (χ0v) is 7.11. The van der Waals surface area contributed by atoms with E-state index in [4.69, 9.17) is 5.11 Å². The van der Waals surface area contributed by atoms with Crippen molar-refractivity contribution in [2.24, 2.45) is 0 Å². The molecule has 1 N–H and O–H groups in total. The fourth-order valence-corrected chi connectivity index (χ4v) is 0.898. The van der Waals surface area contributed by atoms with Crippen LogP contribution in [0.15, 0.2) is 36.4 Å². The molecule has 0 unspecified atom stereocenters. The Bertz CT molecular complexity index is 396. The van der Waals surface area contributed by atoms with Crippen molar-refractivity contribution in [3.8, 4) is 0 Å². The third-order valence-corrected chi connectivity index (χ3v) is 1.52. The molecule has 72 valence electrons. The van der Waals surface area contributed by atoms with Gasteiger partial charge >= 0.3 is 5.97 Å². The lowest BCUT2D eigenvalue weighted by atomic mass is 10.1. The van der Waals surface area contributed by atoms with Crippen LogP contribution in [0.5, 0.6) is 0 Å². The first-order chi connectivity index (χ1) is 6.61. The molecule has 0 saturated carbocycles. The standard InChI is InChI=1S/C10H7FO3/c11-8-4-2-1-3-7(8)9(12)5-6-10(13)14/h1-6H,(H,13,14). The van der Waals surface area contributed by atoms with Crippen LogP contribution < -0.4 is 0 Å². The number of carboxylic acid groups (broad SMARTS) is 1. The van der Waals surface area contributed by atoms with Crippen LogP contribution in [-0.4, -0.2) is 16.9 Å². The van der Waals surface area contributed by atoms with Gasteiger partial charge in [0.05, 0.1) is 5.56 Å². The van der Waals surface area contributed by atoms with Gasteiger partial charge < -0.3 is 5.11 Å². The smallest absolute Gasteiger partial charge is 0.328 e. The Morgan fingerprint density at radius 2 is 1.86 bits per heavy atom. The van der Waals surface area contributed by atoms with E-state index in [1.165, 1.54) is 18.2 Å². The predicted molar refractivity (Wildman–Crippen MR) is 47.5 cm³/mol. The van der Waals surface area contributed by atoms with Crippen molar-refractivity contribution in [3.05, 3.63) is 47.8 Å². The molecule has 0 amide bonds. The third kappa shape index (κ3) is 2.52. The van der Waals surface area contributed by atoms with Gasteiger partial charge in [-0.1, -0.05) is 12.1 Å². The zero-order chi connectivity index (χ0) is 10.6. The van der Waals surface area contributed by atoms with Crippen molar-refractivity contribution in [3.63, 3.8) is 0 Å². The lowest BCUT2D eigenvalue weighted by Crippen LogP contribution is -1.99. The Kier molecular flexibility index (Phi) is 3.12. The molecule has 0 bridgehead atoms. The lowest BCUT2D eigenvalue weighted by molar-refractivity contribution is -0.131. The number of aliphatic carboxylic acids is 1. The van der Waals surface area contributed by atoms with Gasteiger partial charge in [0.1, 0.15) is 5.82 Å². The molecule has 0 aliphatic heterocycles. The van der Waals surface area contributed by atoms with Crippen LogP contribution in [0.1, 0.15) is 10.4 Å². The fraction of sp³-hybridized carbons (Fsp3) is 0. The van der Waals surface area contributed by atoms with E-state index in [0.29, 0.717) is 6.08 Å². The van der Waals surface area contributed by atoms with E-state index >= 15 is 0 Å². The summed E-state index contributed by atoms with van der Waals surface area (Å²) in [6.45, 7) is 0. The summed E-state index contributed by atoms with van der Waals surface area (Å²) in [5, 5.41) is 8.25. The molecule has 0 aliphatic rings. The van der Waals surface area contributed by atoms with Crippen LogP contribution in [-0.2, 0) is 4.79 Å². The molecule has 0 aliphatic carbocycles. The number of benzene rings is 1. The first kappa shape index (κ1) is 10.1. The van der Waals surface area contributed by atoms with Crippen LogP contribution in [0.4, 0.5) is 4.39 Å². The minimum atomic E-state index is -1.24. The number of hydrogen-bond donors (Lipinski definition) is 1. The normalized spacial score (nSPS) is 10.4. The molecule has 0 fully saturated rings. The monoisotopic (exact) mass is 194 g/mol. The van der Waals surface area contributed by atoms with E-state index in [2.05, 4.69) is 0 Å².